The summed E-state index contributed by atoms with van der Waals surface area (Å²) in [5.41, 5.74) is 0.150. The summed E-state index contributed by atoms with van der Waals surface area (Å²) in [5.74, 6) is -0.0458. The van der Waals surface area contributed by atoms with E-state index >= 15 is 0 Å². The molecule has 20 heavy (non-hydrogen) atoms. The molecule has 1 aromatic carbocycles. The molecule has 0 bridgehead atoms. The number of amides is 1. The first kappa shape index (κ1) is 15.4. The summed E-state index contributed by atoms with van der Waals surface area (Å²) >= 11 is 3.28. The molecule has 0 aliphatic carbocycles. The van der Waals surface area contributed by atoms with Gasteiger partial charge in [0.15, 0.2) is 0 Å². The van der Waals surface area contributed by atoms with E-state index in [9.17, 15) is 9.18 Å². The molecule has 0 N–H and O–H groups in total. The normalized spacial score (nSPS) is 16.8. The summed E-state index contributed by atoms with van der Waals surface area (Å²) in [6.45, 7) is 8.48. The number of nitrogens with zero attached hydrogens (tertiary/aromatic N) is 2. The first-order valence-corrected chi connectivity index (χ1v) is 7.73. The van der Waals surface area contributed by atoms with Crippen LogP contribution in [0, 0.1) is 11.7 Å². The monoisotopic (exact) mass is 342 g/mol. The number of piperazine rings is 1. The lowest BCUT2D eigenvalue weighted by Gasteiger charge is -2.35. The molecule has 0 unspecified atom stereocenters. The minimum Gasteiger partial charge on any atom is -0.336 e. The van der Waals surface area contributed by atoms with Crippen molar-refractivity contribution >= 4 is 21.8 Å². The Morgan fingerprint density at radius 3 is 2.55 bits per heavy atom. The molecule has 5 heteroatoms. The molecular weight excluding hydrogens is 323 g/mol. The van der Waals surface area contributed by atoms with E-state index in [0.29, 0.717) is 19.0 Å². The number of hydrogen-bond acceptors (Lipinski definition) is 2. The highest BCUT2D eigenvalue weighted by atomic mass is 79.9. The van der Waals surface area contributed by atoms with Gasteiger partial charge in [-0.3, -0.25) is 9.69 Å². The van der Waals surface area contributed by atoms with E-state index in [1.165, 1.54) is 6.07 Å². The van der Waals surface area contributed by atoms with Gasteiger partial charge in [-0.1, -0.05) is 29.8 Å². The Bertz CT molecular complexity index is 485. The van der Waals surface area contributed by atoms with E-state index in [4.69, 9.17) is 0 Å². The van der Waals surface area contributed by atoms with Crippen LogP contribution in [-0.2, 0) is 0 Å². The average Bonchev–Trinajstić information content (AvgIpc) is 2.41. The summed E-state index contributed by atoms with van der Waals surface area (Å²) in [7, 11) is 0. The third-order valence-electron chi connectivity index (χ3n) is 3.44. The molecule has 1 aromatic rings. The van der Waals surface area contributed by atoms with Crippen molar-refractivity contribution in [1.82, 2.24) is 9.80 Å². The number of benzene rings is 1. The van der Waals surface area contributed by atoms with Crippen molar-refractivity contribution in [2.45, 2.75) is 13.8 Å². The molecule has 2 rings (SSSR count). The Morgan fingerprint density at radius 2 is 1.95 bits per heavy atom. The van der Waals surface area contributed by atoms with E-state index < -0.39 is 5.82 Å². The molecule has 1 heterocycles. The second-order valence-electron chi connectivity index (χ2n) is 5.61. The smallest absolute Gasteiger partial charge is 0.256 e. The molecule has 1 aliphatic heterocycles. The van der Waals surface area contributed by atoms with Crippen molar-refractivity contribution in [1.29, 1.82) is 0 Å². The zero-order chi connectivity index (χ0) is 14.7. The van der Waals surface area contributed by atoms with Gasteiger partial charge >= 0.3 is 0 Å². The maximum Gasteiger partial charge on any atom is 0.256 e. The van der Waals surface area contributed by atoms with Crippen LogP contribution in [0.5, 0.6) is 0 Å². The van der Waals surface area contributed by atoms with E-state index in [0.717, 1.165) is 24.1 Å². The maximum absolute atomic E-state index is 13.7. The minimum absolute atomic E-state index is 0.150. The molecule has 1 amide bonds. The van der Waals surface area contributed by atoms with Crippen LogP contribution in [0.2, 0.25) is 0 Å². The summed E-state index contributed by atoms with van der Waals surface area (Å²) in [6.07, 6.45) is 0. The first-order valence-electron chi connectivity index (χ1n) is 6.94. The summed E-state index contributed by atoms with van der Waals surface area (Å²) in [6, 6.07) is 4.48. The van der Waals surface area contributed by atoms with E-state index in [-0.39, 0.29) is 11.5 Å². The van der Waals surface area contributed by atoms with Crippen molar-refractivity contribution < 1.29 is 9.18 Å². The van der Waals surface area contributed by atoms with Gasteiger partial charge < -0.3 is 4.90 Å². The number of halogens is 2. The minimum atomic E-state index is -0.456. The van der Waals surface area contributed by atoms with Crippen molar-refractivity contribution in [2.24, 2.45) is 5.92 Å². The predicted octanol–water partition coefficient (Wildman–Crippen LogP) is 3.00. The molecule has 1 saturated heterocycles. The SMILES string of the molecule is CC(C)CN1CCN(C(=O)c2cc(Br)ccc2F)CC1. The van der Waals surface area contributed by atoms with Gasteiger partial charge in [-0.25, -0.2) is 4.39 Å². The summed E-state index contributed by atoms with van der Waals surface area (Å²) < 4.78 is 14.5. The topological polar surface area (TPSA) is 23.6 Å². The zero-order valence-corrected chi connectivity index (χ0v) is 13.5. The molecule has 0 radical (unpaired) electrons. The standard InChI is InChI=1S/C15H20BrFN2O/c1-11(2)10-18-5-7-19(8-6-18)15(20)13-9-12(16)3-4-14(13)17/h3-4,9,11H,5-8,10H2,1-2H3. The third-order valence-corrected chi connectivity index (χ3v) is 3.93. The number of carbonyl (C=O) groups is 1. The van der Waals surface area contributed by atoms with Crippen molar-refractivity contribution in [3.8, 4) is 0 Å². The quantitative estimate of drug-likeness (QED) is 0.842. The van der Waals surface area contributed by atoms with Gasteiger partial charge in [0.05, 0.1) is 5.56 Å². The van der Waals surface area contributed by atoms with Crippen LogP contribution in [0.25, 0.3) is 0 Å². The molecule has 110 valence electrons. The summed E-state index contributed by atoms with van der Waals surface area (Å²) in [5, 5.41) is 0. The lowest BCUT2D eigenvalue weighted by molar-refractivity contribution is 0.0619. The second kappa shape index (κ2) is 6.68. The van der Waals surface area contributed by atoms with Crippen LogP contribution < -0.4 is 0 Å². The van der Waals surface area contributed by atoms with E-state index in [1.807, 2.05) is 0 Å². The average molecular weight is 343 g/mol. The number of carbonyl (C=O) groups excluding carboxylic acids is 1. The highest BCUT2D eigenvalue weighted by molar-refractivity contribution is 9.10. The predicted molar refractivity (Wildman–Crippen MR) is 81.3 cm³/mol. The highest BCUT2D eigenvalue weighted by Crippen LogP contribution is 2.18. The Labute approximate surface area is 127 Å². The van der Waals surface area contributed by atoms with Gasteiger partial charge in [0, 0.05) is 37.2 Å². The van der Waals surface area contributed by atoms with Crippen LogP contribution in [0.3, 0.4) is 0 Å². The highest BCUT2D eigenvalue weighted by Gasteiger charge is 2.24. The van der Waals surface area contributed by atoms with Crippen molar-refractivity contribution in [3.05, 3.63) is 34.1 Å². The Hall–Kier alpha value is -0.940. The molecule has 0 atom stereocenters. The summed E-state index contributed by atoms with van der Waals surface area (Å²) in [4.78, 5) is 16.4. The molecule has 0 saturated carbocycles. The molecular formula is C15H20BrFN2O. The molecule has 3 nitrogen and oxygen atoms in total. The first-order chi connectivity index (χ1) is 9.47. The lowest BCUT2D eigenvalue weighted by atomic mass is 10.1. The van der Waals surface area contributed by atoms with Crippen LogP contribution in [0.1, 0.15) is 24.2 Å². The fourth-order valence-electron chi connectivity index (χ4n) is 2.48. The molecule has 1 aliphatic rings. The van der Waals surface area contributed by atoms with Gasteiger partial charge in [-0.05, 0) is 24.1 Å². The zero-order valence-electron chi connectivity index (χ0n) is 11.9. The fraction of sp³-hybridized carbons (Fsp3) is 0.533. The maximum atomic E-state index is 13.7. The Morgan fingerprint density at radius 1 is 1.30 bits per heavy atom. The van der Waals surface area contributed by atoms with Gasteiger partial charge in [-0.15, -0.1) is 0 Å². The van der Waals surface area contributed by atoms with Gasteiger partial charge in [0.2, 0.25) is 0 Å². The van der Waals surface area contributed by atoms with Crippen LogP contribution in [0.15, 0.2) is 22.7 Å². The fourth-order valence-corrected chi connectivity index (χ4v) is 2.84. The second-order valence-corrected chi connectivity index (χ2v) is 6.53. The number of hydrogen-bond donors (Lipinski definition) is 0. The van der Waals surface area contributed by atoms with Crippen LogP contribution in [0.4, 0.5) is 4.39 Å². The largest absolute Gasteiger partial charge is 0.336 e. The van der Waals surface area contributed by atoms with E-state index in [1.54, 1.807) is 17.0 Å². The lowest BCUT2D eigenvalue weighted by Crippen LogP contribution is -2.49. The Kier molecular flexibility index (Phi) is 5.16. The number of rotatable bonds is 3. The van der Waals surface area contributed by atoms with Crippen LogP contribution >= 0.6 is 15.9 Å². The van der Waals surface area contributed by atoms with Gasteiger partial charge in [0.1, 0.15) is 5.82 Å². The molecule has 0 spiro atoms. The van der Waals surface area contributed by atoms with Crippen molar-refractivity contribution in [2.75, 3.05) is 32.7 Å². The van der Waals surface area contributed by atoms with E-state index in [2.05, 4.69) is 34.7 Å². The Balaban J connectivity index is 2.00. The molecule has 1 fully saturated rings. The van der Waals surface area contributed by atoms with Crippen molar-refractivity contribution in [3.63, 3.8) is 0 Å². The third kappa shape index (κ3) is 3.79. The molecule has 0 aromatic heterocycles. The van der Waals surface area contributed by atoms with Gasteiger partial charge in [0.25, 0.3) is 5.91 Å². The van der Waals surface area contributed by atoms with Gasteiger partial charge in [-0.2, -0.15) is 0 Å². The van der Waals surface area contributed by atoms with Crippen LogP contribution in [-0.4, -0.2) is 48.4 Å².